The van der Waals surface area contributed by atoms with Crippen LogP contribution in [0.2, 0.25) is 0 Å². The van der Waals surface area contributed by atoms with Crippen molar-refractivity contribution >= 4 is 11.8 Å². The highest BCUT2D eigenvalue weighted by Crippen LogP contribution is 2.60. The molecule has 0 aromatic rings. The Bertz CT molecular complexity index is 579. The van der Waals surface area contributed by atoms with Gasteiger partial charge in [0.2, 0.25) is 0 Å². The van der Waals surface area contributed by atoms with Crippen molar-refractivity contribution in [3.63, 3.8) is 0 Å². The highest BCUT2D eigenvalue weighted by atomic mass is 19.1. The monoisotopic (exact) mass is 306 g/mol. The molecule has 0 aromatic carbocycles. The van der Waals surface area contributed by atoms with Gasteiger partial charge in [-0.25, -0.2) is 4.39 Å². The quantitative estimate of drug-likeness (QED) is 0.571. The number of carbonyl (C=O) groups excluding carboxylic acids is 2. The van der Waals surface area contributed by atoms with Crippen molar-refractivity contribution in [2.24, 2.45) is 17.3 Å². The first kappa shape index (κ1) is 16.7. The third-order valence-corrected chi connectivity index (χ3v) is 4.85. The van der Waals surface area contributed by atoms with Crippen LogP contribution in [0.3, 0.4) is 0 Å². The Balaban J connectivity index is 2.07. The van der Waals surface area contributed by atoms with E-state index in [-0.39, 0.29) is 41.3 Å². The minimum absolute atomic E-state index is 0.0151. The lowest BCUT2D eigenvalue weighted by molar-refractivity contribution is -0.150. The van der Waals surface area contributed by atoms with Crippen molar-refractivity contribution in [3.8, 4) is 0 Å². The molecule has 1 fully saturated rings. The van der Waals surface area contributed by atoms with Crippen LogP contribution in [0.4, 0.5) is 4.39 Å². The Morgan fingerprint density at radius 2 is 2.14 bits per heavy atom. The zero-order valence-corrected chi connectivity index (χ0v) is 13.6. The van der Waals surface area contributed by atoms with Gasteiger partial charge in [-0.05, 0) is 43.3 Å². The summed E-state index contributed by atoms with van der Waals surface area (Å²) in [5.74, 6) is -1.09. The maximum Gasteiger partial charge on any atom is 0.310 e. The highest BCUT2D eigenvalue weighted by molar-refractivity contribution is 6.00. The Labute approximate surface area is 130 Å². The zero-order valence-electron chi connectivity index (χ0n) is 13.6. The Kier molecular flexibility index (Phi) is 4.41. The molecule has 0 aromatic heterocycles. The predicted molar refractivity (Wildman–Crippen MR) is 82.6 cm³/mol. The number of halogens is 1. The predicted octanol–water partition coefficient (Wildman–Crippen LogP) is 3.91. The van der Waals surface area contributed by atoms with Gasteiger partial charge in [-0.3, -0.25) is 9.59 Å². The Morgan fingerprint density at radius 1 is 1.50 bits per heavy atom. The van der Waals surface area contributed by atoms with Crippen LogP contribution in [-0.4, -0.2) is 17.9 Å². The molecule has 0 aliphatic heterocycles. The van der Waals surface area contributed by atoms with Gasteiger partial charge in [0.05, 0.1) is 18.2 Å². The van der Waals surface area contributed by atoms with Crippen molar-refractivity contribution in [2.75, 3.05) is 0 Å². The first-order valence-corrected chi connectivity index (χ1v) is 7.58. The third kappa shape index (κ3) is 2.92. The second-order valence-electron chi connectivity index (χ2n) is 6.79. The minimum atomic E-state index is -0.484. The number of carbonyl (C=O) groups is 2. The van der Waals surface area contributed by atoms with Gasteiger partial charge in [0.25, 0.3) is 0 Å². The van der Waals surface area contributed by atoms with Gasteiger partial charge in [0.15, 0.2) is 5.78 Å². The number of hydrogen-bond donors (Lipinski definition) is 0. The molecule has 0 radical (unpaired) electrons. The maximum absolute atomic E-state index is 13.1. The van der Waals surface area contributed by atoms with Gasteiger partial charge in [-0.15, -0.1) is 6.58 Å². The van der Waals surface area contributed by atoms with E-state index >= 15 is 0 Å². The van der Waals surface area contributed by atoms with Crippen LogP contribution in [0, 0.1) is 17.3 Å². The zero-order chi connectivity index (χ0) is 16.7. The van der Waals surface area contributed by atoms with Gasteiger partial charge in [0, 0.05) is 5.57 Å². The molecular weight excluding hydrogens is 283 g/mol. The van der Waals surface area contributed by atoms with Gasteiger partial charge < -0.3 is 4.74 Å². The maximum atomic E-state index is 13.1. The van der Waals surface area contributed by atoms with E-state index in [4.69, 9.17) is 4.74 Å². The Hall–Kier alpha value is -1.71. The van der Waals surface area contributed by atoms with Crippen molar-refractivity contribution in [3.05, 3.63) is 35.7 Å². The molecule has 2 rings (SSSR count). The number of rotatable bonds is 5. The van der Waals surface area contributed by atoms with E-state index in [0.29, 0.717) is 12.0 Å². The molecule has 22 heavy (non-hydrogen) atoms. The standard InChI is InChI=1S/C18H23FO3/c1-6-7-12-11(3)15(9-14(12)20)22-17(21)16-13(8-10(2)19)18(16,4)5/h6,8,13,15-16H,1,7,9H2,2-5H3/b10-8+. The van der Waals surface area contributed by atoms with Gasteiger partial charge >= 0.3 is 5.97 Å². The molecule has 2 aliphatic carbocycles. The summed E-state index contributed by atoms with van der Waals surface area (Å²) in [5, 5.41) is 0. The van der Waals surface area contributed by atoms with Crippen molar-refractivity contribution in [1.29, 1.82) is 0 Å². The summed E-state index contributed by atoms with van der Waals surface area (Å²) >= 11 is 0. The van der Waals surface area contributed by atoms with E-state index in [1.807, 2.05) is 20.8 Å². The van der Waals surface area contributed by atoms with Crippen LogP contribution in [0.15, 0.2) is 35.7 Å². The summed E-state index contributed by atoms with van der Waals surface area (Å²) in [7, 11) is 0. The number of Topliss-reactive ketones (excluding diaryl/α,β-unsaturated/α-hetero) is 1. The fourth-order valence-electron chi connectivity index (χ4n) is 3.31. The number of ether oxygens (including phenoxy) is 1. The molecule has 120 valence electrons. The molecule has 2 aliphatic rings. The van der Waals surface area contributed by atoms with Crippen molar-refractivity contribution in [1.82, 2.24) is 0 Å². The fraction of sp³-hybridized carbons (Fsp3) is 0.556. The molecule has 0 spiro atoms. The van der Waals surface area contributed by atoms with Gasteiger partial charge in [-0.1, -0.05) is 19.9 Å². The molecule has 3 unspecified atom stereocenters. The fourth-order valence-corrected chi connectivity index (χ4v) is 3.31. The lowest BCUT2D eigenvalue weighted by atomic mass is 10.1. The molecule has 0 saturated heterocycles. The number of allylic oxidation sites excluding steroid dienone is 4. The molecule has 0 bridgehead atoms. The van der Waals surface area contributed by atoms with E-state index in [9.17, 15) is 14.0 Å². The summed E-state index contributed by atoms with van der Waals surface area (Å²) in [4.78, 5) is 24.3. The molecule has 0 N–H and O–H groups in total. The highest BCUT2D eigenvalue weighted by Gasteiger charge is 2.62. The molecule has 1 saturated carbocycles. The van der Waals surface area contributed by atoms with E-state index in [0.717, 1.165) is 5.57 Å². The van der Waals surface area contributed by atoms with Crippen LogP contribution >= 0.6 is 0 Å². The summed E-state index contributed by atoms with van der Waals surface area (Å²) < 4.78 is 18.6. The molecular formula is C18H23FO3. The van der Waals surface area contributed by atoms with Crippen LogP contribution in [0.5, 0.6) is 0 Å². The Morgan fingerprint density at radius 3 is 2.68 bits per heavy atom. The van der Waals surface area contributed by atoms with Crippen LogP contribution in [0.25, 0.3) is 0 Å². The third-order valence-electron chi connectivity index (χ3n) is 4.85. The minimum Gasteiger partial charge on any atom is -0.457 e. The number of hydrogen-bond acceptors (Lipinski definition) is 3. The van der Waals surface area contributed by atoms with Crippen LogP contribution in [-0.2, 0) is 14.3 Å². The topological polar surface area (TPSA) is 43.4 Å². The van der Waals surface area contributed by atoms with Crippen LogP contribution < -0.4 is 0 Å². The number of ketones is 1. The molecule has 0 heterocycles. The van der Waals surface area contributed by atoms with Gasteiger partial charge in [-0.2, -0.15) is 0 Å². The van der Waals surface area contributed by atoms with E-state index in [2.05, 4.69) is 6.58 Å². The van der Waals surface area contributed by atoms with Crippen molar-refractivity contribution in [2.45, 2.75) is 46.6 Å². The SMILES string of the molecule is C=CCC1=C(C)C(OC(=O)C2C(/C=C(\C)F)C2(C)C)CC1=O. The lowest BCUT2D eigenvalue weighted by Gasteiger charge is -2.13. The first-order valence-electron chi connectivity index (χ1n) is 7.58. The summed E-state index contributed by atoms with van der Waals surface area (Å²) in [6.45, 7) is 10.7. The second kappa shape index (κ2) is 5.82. The van der Waals surface area contributed by atoms with Crippen molar-refractivity contribution < 1.29 is 18.7 Å². The number of esters is 1. The van der Waals surface area contributed by atoms with Crippen LogP contribution in [0.1, 0.15) is 40.5 Å². The first-order chi connectivity index (χ1) is 10.2. The summed E-state index contributed by atoms with van der Waals surface area (Å²) in [5.41, 5.74) is 1.21. The normalized spacial score (nSPS) is 30.5. The molecule has 4 heteroatoms. The average molecular weight is 306 g/mol. The molecule has 3 atom stereocenters. The van der Waals surface area contributed by atoms with E-state index < -0.39 is 6.10 Å². The van der Waals surface area contributed by atoms with Gasteiger partial charge in [0.1, 0.15) is 6.10 Å². The average Bonchev–Trinajstić information content (AvgIpc) is 2.83. The van der Waals surface area contributed by atoms with E-state index in [1.165, 1.54) is 13.0 Å². The smallest absolute Gasteiger partial charge is 0.310 e. The largest absolute Gasteiger partial charge is 0.457 e. The molecule has 0 amide bonds. The van der Waals surface area contributed by atoms with E-state index in [1.54, 1.807) is 6.08 Å². The lowest BCUT2D eigenvalue weighted by Crippen LogP contribution is -2.20. The molecule has 3 nitrogen and oxygen atoms in total. The summed E-state index contributed by atoms with van der Waals surface area (Å²) in [6, 6.07) is 0. The summed E-state index contributed by atoms with van der Waals surface area (Å²) in [6.07, 6.45) is 3.38. The second-order valence-corrected chi connectivity index (χ2v) is 6.79.